The standard InChI is InChI=1S/C18H22N2O2S/c1-18(2,3)13-8-6-12(7-9-13)15(21)11-20-16(22)14-5-4-10-19-17(14)23/h4-10,15,21H,11H2,1-3H3,(H,19,23)(H,20,22). The molecule has 3 N–H and O–H groups in total. The molecule has 1 amide bonds. The van der Waals surface area contributed by atoms with Crippen LogP contribution in [0.5, 0.6) is 0 Å². The highest BCUT2D eigenvalue weighted by Gasteiger charge is 2.15. The van der Waals surface area contributed by atoms with Crippen molar-refractivity contribution in [2.45, 2.75) is 32.3 Å². The molecule has 2 rings (SSSR count). The summed E-state index contributed by atoms with van der Waals surface area (Å²) in [6.45, 7) is 6.56. The van der Waals surface area contributed by atoms with Crippen LogP contribution in [0, 0.1) is 4.64 Å². The summed E-state index contributed by atoms with van der Waals surface area (Å²) in [6, 6.07) is 11.2. The maximum Gasteiger partial charge on any atom is 0.254 e. The molecule has 0 saturated heterocycles. The molecule has 4 nitrogen and oxygen atoms in total. The number of pyridine rings is 1. The van der Waals surface area contributed by atoms with Crippen LogP contribution in [0.25, 0.3) is 0 Å². The Labute approximate surface area is 141 Å². The molecule has 0 radical (unpaired) electrons. The van der Waals surface area contributed by atoms with Gasteiger partial charge >= 0.3 is 0 Å². The lowest BCUT2D eigenvalue weighted by molar-refractivity contribution is 0.0915. The van der Waals surface area contributed by atoms with Gasteiger partial charge in [0.25, 0.3) is 5.91 Å². The number of amides is 1. The number of aliphatic hydroxyl groups is 1. The zero-order chi connectivity index (χ0) is 17.0. The van der Waals surface area contributed by atoms with Crippen LogP contribution in [-0.2, 0) is 5.41 Å². The molecule has 0 fully saturated rings. The quantitative estimate of drug-likeness (QED) is 0.752. The molecule has 1 unspecified atom stereocenters. The second-order valence-electron chi connectivity index (χ2n) is 6.51. The van der Waals surface area contributed by atoms with Crippen LogP contribution >= 0.6 is 12.2 Å². The fourth-order valence-electron chi connectivity index (χ4n) is 2.21. The van der Waals surface area contributed by atoms with Crippen molar-refractivity contribution in [3.63, 3.8) is 0 Å². The second-order valence-corrected chi connectivity index (χ2v) is 6.92. The van der Waals surface area contributed by atoms with Gasteiger partial charge in [-0.2, -0.15) is 0 Å². The molecule has 1 aromatic heterocycles. The van der Waals surface area contributed by atoms with Gasteiger partial charge in [-0.15, -0.1) is 0 Å². The Morgan fingerprint density at radius 2 is 1.91 bits per heavy atom. The Balaban J connectivity index is 2.00. The third-order valence-corrected chi connectivity index (χ3v) is 4.02. The van der Waals surface area contributed by atoms with Gasteiger partial charge in [-0.25, -0.2) is 0 Å². The average Bonchev–Trinajstić information content (AvgIpc) is 2.52. The lowest BCUT2D eigenvalue weighted by atomic mass is 9.86. The van der Waals surface area contributed by atoms with Crippen molar-refractivity contribution in [1.29, 1.82) is 0 Å². The number of carbonyl (C=O) groups excluding carboxylic acids is 1. The summed E-state index contributed by atoms with van der Waals surface area (Å²) in [5, 5.41) is 12.9. The van der Waals surface area contributed by atoms with Crippen LogP contribution in [0.3, 0.4) is 0 Å². The number of hydrogen-bond donors (Lipinski definition) is 3. The molecule has 0 bridgehead atoms. The third-order valence-electron chi connectivity index (χ3n) is 3.68. The number of benzene rings is 1. The number of carbonyl (C=O) groups is 1. The van der Waals surface area contributed by atoms with E-state index in [1.165, 1.54) is 5.56 Å². The molecule has 1 heterocycles. The maximum absolute atomic E-state index is 12.1. The van der Waals surface area contributed by atoms with Crippen LogP contribution in [0.1, 0.15) is 48.4 Å². The Bertz CT molecular complexity index is 730. The molecule has 5 heteroatoms. The molecule has 0 saturated carbocycles. The van der Waals surface area contributed by atoms with Crippen LogP contribution < -0.4 is 5.32 Å². The number of aromatic nitrogens is 1. The molecule has 0 aliphatic carbocycles. The largest absolute Gasteiger partial charge is 0.387 e. The van der Waals surface area contributed by atoms with Gasteiger partial charge in [0, 0.05) is 12.7 Å². The molecule has 0 spiro atoms. The first-order valence-electron chi connectivity index (χ1n) is 7.53. The second kappa shape index (κ2) is 7.06. The van der Waals surface area contributed by atoms with Gasteiger partial charge in [-0.3, -0.25) is 4.79 Å². The van der Waals surface area contributed by atoms with Crippen molar-refractivity contribution >= 4 is 18.1 Å². The molecular formula is C18H22N2O2S. The summed E-state index contributed by atoms with van der Waals surface area (Å²) in [5.41, 5.74) is 2.45. The summed E-state index contributed by atoms with van der Waals surface area (Å²) in [7, 11) is 0. The Morgan fingerprint density at radius 1 is 1.26 bits per heavy atom. The van der Waals surface area contributed by atoms with Gasteiger partial charge in [0.05, 0.1) is 11.7 Å². The van der Waals surface area contributed by atoms with Gasteiger partial charge in [-0.05, 0) is 28.7 Å². The monoisotopic (exact) mass is 330 g/mol. The number of hydrogen-bond acceptors (Lipinski definition) is 3. The fraction of sp³-hybridized carbons (Fsp3) is 0.333. The van der Waals surface area contributed by atoms with Crippen LogP contribution in [0.2, 0.25) is 0 Å². The number of nitrogens with one attached hydrogen (secondary N) is 2. The Morgan fingerprint density at radius 3 is 2.48 bits per heavy atom. The van der Waals surface area contributed by atoms with Gasteiger partial charge in [0.2, 0.25) is 0 Å². The Hall–Kier alpha value is -1.98. The van der Waals surface area contributed by atoms with Gasteiger partial charge in [0.15, 0.2) is 0 Å². The van der Waals surface area contributed by atoms with Crippen molar-refractivity contribution in [1.82, 2.24) is 10.3 Å². The lowest BCUT2D eigenvalue weighted by Gasteiger charge is -2.20. The minimum atomic E-state index is -0.755. The van der Waals surface area contributed by atoms with Crippen molar-refractivity contribution in [3.05, 3.63) is 63.9 Å². The van der Waals surface area contributed by atoms with Crippen molar-refractivity contribution in [2.24, 2.45) is 0 Å². The van der Waals surface area contributed by atoms with E-state index < -0.39 is 6.10 Å². The molecule has 0 aliphatic heterocycles. The van der Waals surface area contributed by atoms with Gasteiger partial charge in [0.1, 0.15) is 4.64 Å². The normalized spacial score (nSPS) is 12.7. The van der Waals surface area contributed by atoms with Crippen molar-refractivity contribution in [2.75, 3.05) is 6.54 Å². The molecular weight excluding hydrogens is 308 g/mol. The SMILES string of the molecule is CC(C)(C)c1ccc(C(O)CNC(=O)c2ccc[nH]c2=S)cc1. The van der Waals surface area contributed by atoms with Crippen molar-refractivity contribution < 1.29 is 9.90 Å². The highest BCUT2D eigenvalue weighted by atomic mass is 32.1. The van der Waals surface area contributed by atoms with E-state index in [1.807, 2.05) is 24.3 Å². The summed E-state index contributed by atoms with van der Waals surface area (Å²) >= 11 is 5.07. The molecule has 23 heavy (non-hydrogen) atoms. The lowest BCUT2D eigenvalue weighted by Crippen LogP contribution is -2.28. The number of aliphatic hydroxyl groups excluding tert-OH is 1. The van der Waals surface area contributed by atoms with Gasteiger partial charge in [-0.1, -0.05) is 57.3 Å². The summed E-state index contributed by atoms with van der Waals surface area (Å²) in [4.78, 5) is 14.9. The highest BCUT2D eigenvalue weighted by Crippen LogP contribution is 2.23. The predicted molar refractivity (Wildman–Crippen MR) is 94.1 cm³/mol. The number of rotatable bonds is 4. The van der Waals surface area contributed by atoms with Crippen molar-refractivity contribution in [3.8, 4) is 0 Å². The number of aromatic amines is 1. The Kier molecular flexibility index (Phi) is 5.34. The molecule has 1 atom stereocenters. The first-order valence-corrected chi connectivity index (χ1v) is 7.94. The zero-order valence-electron chi connectivity index (χ0n) is 13.6. The first-order chi connectivity index (χ1) is 10.8. The fourth-order valence-corrected chi connectivity index (χ4v) is 2.44. The summed E-state index contributed by atoms with van der Waals surface area (Å²) < 4.78 is 0.383. The maximum atomic E-state index is 12.1. The smallest absolute Gasteiger partial charge is 0.254 e. The topological polar surface area (TPSA) is 65.1 Å². The molecule has 122 valence electrons. The number of H-pyrrole nitrogens is 1. The van der Waals surface area contributed by atoms with E-state index in [1.54, 1.807) is 18.3 Å². The van der Waals surface area contributed by atoms with Crippen LogP contribution in [-0.4, -0.2) is 22.5 Å². The van der Waals surface area contributed by atoms with E-state index in [0.29, 0.717) is 10.2 Å². The third kappa shape index (κ3) is 4.50. The zero-order valence-corrected chi connectivity index (χ0v) is 14.4. The minimum absolute atomic E-state index is 0.0708. The van der Waals surface area contributed by atoms with Crippen LogP contribution in [0.4, 0.5) is 0 Å². The molecule has 0 aliphatic rings. The van der Waals surface area contributed by atoms with Gasteiger partial charge < -0.3 is 15.4 Å². The van der Waals surface area contributed by atoms with E-state index in [9.17, 15) is 9.90 Å². The van der Waals surface area contributed by atoms with E-state index in [4.69, 9.17) is 12.2 Å². The highest BCUT2D eigenvalue weighted by molar-refractivity contribution is 7.71. The first kappa shape index (κ1) is 17.4. The average molecular weight is 330 g/mol. The minimum Gasteiger partial charge on any atom is -0.387 e. The van der Waals surface area contributed by atoms with E-state index in [2.05, 4.69) is 31.1 Å². The van der Waals surface area contributed by atoms with E-state index >= 15 is 0 Å². The van der Waals surface area contributed by atoms with E-state index in [-0.39, 0.29) is 17.9 Å². The van der Waals surface area contributed by atoms with Crippen LogP contribution in [0.15, 0.2) is 42.6 Å². The molecule has 2 aromatic rings. The summed E-state index contributed by atoms with van der Waals surface area (Å²) in [6.07, 6.45) is 0.916. The summed E-state index contributed by atoms with van der Waals surface area (Å²) in [5.74, 6) is -0.294. The van der Waals surface area contributed by atoms with E-state index in [0.717, 1.165) is 5.56 Å². The molecule has 1 aromatic carbocycles. The predicted octanol–water partition coefficient (Wildman–Crippen LogP) is 3.51.